The molecule has 0 N–H and O–H groups in total. The molecule has 1 aliphatic heterocycles. The molecule has 0 radical (unpaired) electrons. The first-order valence-corrected chi connectivity index (χ1v) is 9.40. The fourth-order valence-electron chi connectivity index (χ4n) is 3.80. The molecule has 0 bridgehead atoms. The van der Waals surface area contributed by atoms with Crippen molar-refractivity contribution in [2.24, 2.45) is 0 Å². The highest BCUT2D eigenvalue weighted by Crippen LogP contribution is 2.36. The van der Waals surface area contributed by atoms with Crippen molar-refractivity contribution in [2.75, 3.05) is 13.1 Å². The third kappa shape index (κ3) is 2.90. The van der Waals surface area contributed by atoms with Crippen LogP contribution >= 0.6 is 11.5 Å². The van der Waals surface area contributed by atoms with E-state index in [0.29, 0.717) is 12.0 Å². The zero-order chi connectivity index (χ0) is 16.4. The minimum Gasteiger partial charge on any atom is -0.293 e. The van der Waals surface area contributed by atoms with E-state index in [4.69, 9.17) is 4.37 Å². The topological polar surface area (TPSA) is 16.1 Å². The maximum atomic E-state index is 4.77. The van der Waals surface area contributed by atoms with Gasteiger partial charge in [-0.2, -0.15) is 4.37 Å². The van der Waals surface area contributed by atoms with Crippen LogP contribution in [0, 0.1) is 0 Å². The van der Waals surface area contributed by atoms with Gasteiger partial charge in [-0.1, -0.05) is 54.6 Å². The Morgan fingerprint density at radius 3 is 2.50 bits per heavy atom. The molecular formula is C21H22N2S. The molecule has 0 amide bonds. The molecule has 1 saturated heterocycles. The summed E-state index contributed by atoms with van der Waals surface area (Å²) in [6.45, 7) is 6.27. The molecule has 2 nitrogen and oxygen atoms in total. The Morgan fingerprint density at radius 1 is 1.04 bits per heavy atom. The average Bonchev–Trinajstić information content (AvgIpc) is 3.08. The second-order valence-electron chi connectivity index (χ2n) is 6.47. The lowest BCUT2D eigenvalue weighted by molar-refractivity contribution is 0.178. The molecule has 3 heteroatoms. The number of benzene rings is 2. The summed E-state index contributed by atoms with van der Waals surface area (Å²) >= 11 is 1.64. The Balaban J connectivity index is 1.49. The summed E-state index contributed by atoms with van der Waals surface area (Å²) < 4.78 is 6.08. The predicted octanol–water partition coefficient (Wildman–Crippen LogP) is 5.40. The van der Waals surface area contributed by atoms with E-state index in [1.165, 1.54) is 34.2 Å². The second kappa shape index (κ2) is 6.88. The molecule has 122 valence electrons. The van der Waals surface area contributed by atoms with Crippen molar-refractivity contribution in [2.45, 2.75) is 24.8 Å². The largest absolute Gasteiger partial charge is 0.293 e. The number of aromatic nitrogens is 1. The summed E-state index contributed by atoms with van der Waals surface area (Å²) in [6, 6.07) is 19.6. The number of nitrogens with zero attached hydrogens (tertiary/aromatic N) is 2. The van der Waals surface area contributed by atoms with Gasteiger partial charge in [0.2, 0.25) is 0 Å². The normalized spacial score (nSPS) is 17.8. The van der Waals surface area contributed by atoms with E-state index >= 15 is 0 Å². The van der Waals surface area contributed by atoms with Gasteiger partial charge in [-0.3, -0.25) is 4.90 Å². The van der Waals surface area contributed by atoms with Crippen molar-refractivity contribution < 1.29 is 0 Å². The van der Waals surface area contributed by atoms with Crippen LogP contribution in [0.1, 0.15) is 36.1 Å². The Bertz CT molecular complexity index is 816. The average molecular weight is 334 g/mol. The fraction of sp³-hybridized carbons (Fsp3) is 0.286. The first kappa shape index (κ1) is 15.6. The molecule has 1 atom stereocenters. The summed E-state index contributed by atoms with van der Waals surface area (Å²) in [5, 5.41) is 1.35. The van der Waals surface area contributed by atoms with Gasteiger partial charge in [0.05, 0.1) is 16.4 Å². The van der Waals surface area contributed by atoms with Gasteiger partial charge in [0.25, 0.3) is 0 Å². The smallest absolute Gasteiger partial charge is 0.0652 e. The van der Waals surface area contributed by atoms with Gasteiger partial charge < -0.3 is 0 Å². The second-order valence-corrected chi connectivity index (χ2v) is 7.27. The van der Waals surface area contributed by atoms with Crippen LogP contribution in [0.15, 0.2) is 67.3 Å². The Labute approximate surface area is 147 Å². The van der Waals surface area contributed by atoms with Crippen molar-refractivity contribution in [1.82, 2.24) is 9.27 Å². The molecule has 0 spiro atoms. The molecule has 4 rings (SSSR count). The zero-order valence-corrected chi connectivity index (χ0v) is 14.6. The molecule has 1 fully saturated rings. The van der Waals surface area contributed by atoms with Gasteiger partial charge in [0, 0.05) is 11.3 Å². The lowest BCUT2D eigenvalue weighted by Gasteiger charge is -2.36. The van der Waals surface area contributed by atoms with Crippen LogP contribution in [0.2, 0.25) is 0 Å². The fourth-order valence-corrected chi connectivity index (χ4v) is 4.65. The molecule has 0 aliphatic carbocycles. The van der Waals surface area contributed by atoms with E-state index in [1.807, 2.05) is 0 Å². The van der Waals surface area contributed by atoms with Crippen molar-refractivity contribution in [3.63, 3.8) is 0 Å². The zero-order valence-electron chi connectivity index (χ0n) is 13.8. The van der Waals surface area contributed by atoms with E-state index < -0.39 is 0 Å². The number of likely N-dealkylation sites (tertiary alicyclic amines) is 1. The quantitative estimate of drug-likeness (QED) is 0.594. The number of piperidine rings is 1. The summed E-state index contributed by atoms with van der Waals surface area (Å²) in [6.07, 6.45) is 4.42. The maximum Gasteiger partial charge on any atom is 0.0652 e. The van der Waals surface area contributed by atoms with Crippen LogP contribution in [0.4, 0.5) is 0 Å². The van der Waals surface area contributed by atoms with E-state index in [9.17, 15) is 0 Å². The van der Waals surface area contributed by atoms with E-state index in [1.54, 1.807) is 11.5 Å². The number of rotatable bonds is 4. The number of hydrogen-bond acceptors (Lipinski definition) is 3. The maximum absolute atomic E-state index is 4.77. The number of fused-ring (bicyclic) bond motifs is 1. The summed E-state index contributed by atoms with van der Waals surface area (Å²) in [7, 11) is 0. The van der Waals surface area contributed by atoms with Gasteiger partial charge in [-0.25, -0.2) is 0 Å². The number of hydrogen-bond donors (Lipinski definition) is 0. The highest BCUT2D eigenvalue weighted by molar-refractivity contribution is 7.13. The third-order valence-corrected chi connectivity index (χ3v) is 5.92. The summed E-state index contributed by atoms with van der Waals surface area (Å²) in [4.78, 5) is 2.55. The van der Waals surface area contributed by atoms with Crippen molar-refractivity contribution in [3.05, 3.63) is 78.5 Å². The molecule has 1 unspecified atom stereocenters. The standard InChI is InChI=1S/C21H22N2S/c1-2-19(16-8-4-3-5-9-16)23-14-12-17(13-15-23)21-18-10-6-7-11-20(18)24-22-21/h2-11,17,19H,1,12-15H2. The minimum absolute atomic E-state index is 0.319. The minimum atomic E-state index is 0.319. The Morgan fingerprint density at radius 2 is 1.75 bits per heavy atom. The van der Waals surface area contributed by atoms with Crippen LogP contribution in [0.25, 0.3) is 10.1 Å². The van der Waals surface area contributed by atoms with Gasteiger partial charge in [-0.15, -0.1) is 6.58 Å². The highest BCUT2D eigenvalue weighted by atomic mass is 32.1. The molecule has 24 heavy (non-hydrogen) atoms. The Kier molecular flexibility index (Phi) is 4.46. The lowest BCUT2D eigenvalue weighted by atomic mass is 9.90. The molecule has 1 aromatic heterocycles. The van der Waals surface area contributed by atoms with Crippen LogP contribution in [-0.2, 0) is 0 Å². The van der Waals surface area contributed by atoms with Crippen LogP contribution in [0.5, 0.6) is 0 Å². The summed E-state index contributed by atoms with van der Waals surface area (Å²) in [5.41, 5.74) is 2.65. The van der Waals surface area contributed by atoms with Gasteiger partial charge in [0.1, 0.15) is 0 Å². The van der Waals surface area contributed by atoms with E-state index in [-0.39, 0.29) is 0 Å². The van der Waals surface area contributed by atoms with E-state index in [0.717, 1.165) is 13.1 Å². The molecular weight excluding hydrogens is 312 g/mol. The first-order chi connectivity index (χ1) is 11.9. The molecule has 0 saturated carbocycles. The van der Waals surface area contributed by atoms with Crippen molar-refractivity contribution >= 4 is 21.6 Å². The molecule has 2 aromatic carbocycles. The summed E-state index contributed by atoms with van der Waals surface area (Å²) in [5.74, 6) is 0.582. The van der Waals surface area contributed by atoms with Gasteiger partial charge in [-0.05, 0) is 49.1 Å². The predicted molar refractivity (Wildman–Crippen MR) is 103 cm³/mol. The third-order valence-electron chi connectivity index (χ3n) is 5.08. The van der Waals surface area contributed by atoms with Crippen LogP contribution < -0.4 is 0 Å². The van der Waals surface area contributed by atoms with E-state index in [2.05, 4.69) is 72.2 Å². The molecule has 2 heterocycles. The van der Waals surface area contributed by atoms with Crippen LogP contribution in [0.3, 0.4) is 0 Å². The van der Waals surface area contributed by atoms with Gasteiger partial charge in [0.15, 0.2) is 0 Å². The first-order valence-electron chi connectivity index (χ1n) is 8.62. The lowest BCUT2D eigenvalue weighted by Crippen LogP contribution is -2.35. The highest BCUT2D eigenvalue weighted by Gasteiger charge is 2.27. The van der Waals surface area contributed by atoms with Crippen LogP contribution in [-0.4, -0.2) is 22.4 Å². The monoisotopic (exact) mass is 334 g/mol. The molecule has 3 aromatic rings. The van der Waals surface area contributed by atoms with Gasteiger partial charge >= 0.3 is 0 Å². The Hall–Kier alpha value is -1.97. The van der Waals surface area contributed by atoms with Crippen molar-refractivity contribution in [3.8, 4) is 0 Å². The van der Waals surface area contributed by atoms with Crippen molar-refractivity contribution in [1.29, 1.82) is 0 Å². The molecule has 1 aliphatic rings. The SMILES string of the molecule is C=CC(c1ccccc1)N1CCC(c2nsc3ccccc23)CC1.